The lowest BCUT2D eigenvalue weighted by atomic mass is 9.83. The van der Waals surface area contributed by atoms with E-state index in [9.17, 15) is 19.2 Å². The number of esters is 1. The van der Waals surface area contributed by atoms with E-state index in [1.807, 2.05) is 32.0 Å². The van der Waals surface area contributed by atoms with Gasteiger partial charge in [0.2, 0.25) is 11.8 Å². The highest BCUT2D eigenvalue weighted by Crippen LogP contribution is 2.30. The van der Waals surface area contributed by atoms with Crippen LogP contribution in [-0.4, -0.2) is 32.5 Å². The molecule has 2 aromatic rings. The number of amides is 2. The van der Waals surface area contributed by atoms with Crippen LogP contribution in [0.5, 0.6) is 0 Å². The van der Waals surface area contributed by atoms with Crippen LogP contribution in [0.15, 0.2) is 23.0 Å². The number of imidazole rings is 1. The summed E-state index contributed by atoms with van der Waals surface area (Å²) in [5, 5.41) is 2.33. The van der Waals surface area contributed by atoms with Gasteiger partial charge in [0.25, 0.3) is 0 Å². The molecule has 0 radical (unpaired) electrons. The number of hydrogen-bond acceptors (Lipinski definition) is 5. The third-order valence-electron chi connectivity index (χ3n) is 6.37. The Morgan fingerprint density at radius 3 is 2.43 bits per heavy atom. The molecule has 2 amide bonds. The molecule has 1 aliphatic heterocycles. The van der Waals surface area contributed by atoms with Gasteiger partial charge in [-0.15, -0.1) is 0 Å². The van der Waals surface area contributed by atoms with Crippen molar-refractivity contribution in [1.82, 2.24) is 14.5 Å². The third-order valence-corrected chi connectivity index (χ3v) is 6.37. The zero-order valence-corrected chi connectivity index (χ0v) is 21.9. The predicted molar refractivity (Wildman–Crippen MR) is 135 cm³/mol. The van der Waals surface area contributed by atoms with E-state index in [0.717, 1.165) is 43.2 Å². The van der Waals surface area contributed by atoms with E-state index in [2.05, 4.69) is 26.1 Å². The second-order valence-electron chi connectivity index (χ2n) is 11.5. The zero-order valence-electron chi connectivity index (χ0n) is 21.9. The first-order chi connectivity index (χ1) is 16.3. The third kappa shape index (κ3) is 6.83. The average Bonchev–Trinajstić information content (AvgIpc) is 2.96. The van der Waals surface area contributed by atoms with Crippen molar-refractivity contribution in [2.75, 3.05) is 0 Å². The van der Waals surface area contributed by atoms with E-state index in [4.69, 9.17) is 4.74 Å². The first-order valence-electron chi connectivity index (χ1n) is 12.5. The van der Waals surface area contributed by atoms with E-state index in [1.54, 1.807) is 11.6 Å². The van der Waals surface area contributed by atoms with Crippen molar-refractivity contribution in [2.45, 2.75) is 97.6 Å². The number of ether oxygens (including phenoxy) is 1. The molecule has 1 unspecified atom stereocenters. The fourth-order valence-electron chi connectivity index (χ4n) is 5.24. The van der Waals surface area contributed by atoms with Crippen LogP contribution in [0, 0.1) is 5.41 Å². The number of imide groups is 1. The van der Waals surface area contributed by atoms with Crippen LogP contribution in [-0.2, 0) is 32.6 Å². The number of nitrogens with one attached hydrogen (secondary N) is 1. The van der Waals surface area contributed by atoms with Gasteiger partial charge in [0.15, 0.2) is 0 Å². The molecule has 0 spiro atoms. The molecule has 3 rings (SSSR count). The van der Waals surface area contributed by atoms with Crippen molar-refractivity contribution in [1.29, 1.82) is 0 Å². The van der Waals surface area contributed by atoms with Crippen molar-refractivity contribution in [3.05, 3.63) is 34.2 Å². The molecule has 8 heteroatoms. The number of carbonyl (C=O) groups is 3. The lowest BCUT2D eigenvalue weighted by molar-refractivity contribution is -0.159. The standard InChI is InChI=1S/C27H39N3O5/c1-26(2,3)17-27(4,5)35-23(32)11-9-7-8-10-18-12-13-19-21(16-18)29(6)25(34)30(19)20-14-15-22(31)28-24(20)33/h12-13,16,20H,7-11,14-15,17H2,1-6H3,(H,28,31,33). The number of aryl methyl sites for hydroxylation is 2. The highest BCUT2D eigenvalue weighted by atomic mass is 16.6. The Bertz CT molecular complexity index is 1170. The van der Waals surface area contributed by atoms with Crippen molar-refractivity contribution in [2.24, 2.45) is 12.5 Å². The molecule has 1 aliphatic rings. The van der Waals surface area contributed by atoms with Crippen molar-refractivity contribution in [3.8, 4) is 0 Å². The molecule has 8 nitrogen and oxygen atoms in total. The maximum absolute atomic E-state index is 12.9. The van der Waals surface area contributed by atoms with Crippen molar-refractivity contribution in [3.63, 3.8) is 0 Å². The van der Waals surface area contributed by atoms with E-state index >= 15 is 0 Å². The van der Waals surface area contributed by atoms with Gasteiger partial charge in [0.05, 0.1) is 11.0 Å². The van der Waals surface area contributed by atoms with Crippen LogP contribution < -0.4 is 11.0 Å². The van der Waals surface area contributed by atoms with E-state index in [1.165, 1.54) is 4.57 Å². The van der Waals surface area contributed by atoms with Gasteiger partial charge in [-0.1, -0.05) is 33.3 Å². The maximum Gasteiger partial charge on any atom is 0.329 e. The average molecular weight is 486 g/mol. The lowest BCUT2D eigenvalue weighted by Crippen LogP contribution is -2.44. The van der Waals surface area contributed by atoms with Gasteiger partial charge in [0.1, 0.15) is 11.6 Å². The Kier molecular flexibility index (Phi) is 7.92. The smallest absolute Gasteiger partial charge is 0.329 e. The monoisotopic (exact) mass is 485 g/mol. The van der Waals surface area contributed by atoms with Gasteiger partial charge < -0.3 is 4.74 Å². The summed E-state index contributed by atoms with van der Waals surface area (Å²) < 4.78 is 8.74. The fourth-order valence-corrected chi connectivity index (χ4v) is 5.24. The van der Waals surface area contributed by atoms with Gasteiger partial charge >= 0.3 is 11.7 Å². The normalized spacial score (nSPS) is 17.0. The largest absolute Gasteiger partial charge is 0.460 e. The molecule has 1 atom stereocenters. The Morgan fingerprint density at radius 1 is 1.06 bits per heavy atom. The molecular weight excluding hydrogens is 446 g/mol. The molecule has 0 saturated carbocycles. The number of fused-ring (bicyclic) bond motifs is 1. The minimum absolute atomic E-state index is 0.0945. The first kappa shape index (κ1) is 26.7. The maximum atomic E-state index is 12.9. The number of benzene rings is 1. The Labute approximate surface area is 207 Å². The Balaban J connectivity index is 1.55. The van der Waals surface area contributed by atoms with Gasteiger partial charge in [0, 0.05) is 19.9 Å². The van der Waals surface area contributed by atoms with E-state index in [-0.39, 0.29) is 29.4 Å². The van der Waals surface area contributed by atoms with Crippen LogP contribution in [0.25, 0.3) is 11.0 Å². The number of rotatable bonds is 9. The summed E-state index contributed by atoms with van der Waals surface area (Å²) >= 11 is 0. The highest BCUT2D eigenvalue weighted by Gasteiger charge is 2.31. The van der Waals surface area contributed by atoms with Gasteiger partial charge in [-0.3, -0.25) is 28.8 Å². The van der Waals surface area contributed by atoms with Gasteiger partial charge in [-0.05, 0) is 69.1 Å². The van der Waals surface area contributed by atoms with Crippen molar-refractivity contribution >= 4 is 28.8 Å². The summed E-state index contributed by atoms with van der Waals surface area (Å²) in [7, 11) is 1.70. The summed E-state index contributed by atoms with van der Waals surface area (Å²) in [5.41, 5.74) is 1.92. The molecule has 1 N–H and O–H groups in total. The molecule has 1 saturated heterocycles. The fraction of sp³-hybridized carbons (Fsp3) is 0.630. The van der Waals surface area contributed by atoms with Crippen molar-refractivity contribution < 1.29 is 19.1 Å². The van der Waals surface area contributed by atoms with Gasteiger partial charge in [-0.25, -0.2) is 4.79 Å². The number of aromatic nitrogens is 2. The molecular formula is C27H39N3O5. The van der Waals surface area contributed by atoms with E-state index < -0.39 is 17.6 Å². The molecule has 1 fully saturated rings. The Hall–Kier alpha value is -2.90. The molecule has 1 aromatic heterocycles. The summed E-state index contributed by atoms with van der Waals surface area (Å²) in [5.74, 6) is -0.880. The summed E-state index contributed by atoms with van der Waals surface area (Å²) in [6.07, 6.45) is 5.20. The minimum Gasteiger partial charge on any atom is -0.460 e. The number of hydrogen-bond donors (Lipinski definition) is 1. The number of unbranched alkanes of at least 4 members (excludes halogenated alkanes) is 2. The lowest BCUT2D eigenvalue weighted by Gasteiger charge is -2.32. The molecule has 0 aliphatic carbocycles. The van der Waals surface area contributed by atoms with Crippen LogP contribution in [0.1, 0.15) is 91.2 Å². The second-order valence-corrected chi connectivity index (χ2v) is 11.5. The second kappa shape index (κ2) is 10.4. The van der Waals surface area contributed by atoms with Gasteiger partial charge in [-0.2, -0.15) is 0 Å². The number of carbonyl (C=O) groups excluding carboxylic acids is 3. The summed E-state index contributed by atoms with van der Waals surface area (Å²) in [6, 6.07) is 5.17. The molecule has 192 valence electrons. The quantitative estimate of drug-likeness (QED) is 0.326. The molecule has 2 heterocycles. The summed E-state index contributed by atoms with van der Waals surface area (Å²) in [6.45, 7) is 10.4. The molecule has 0 bridgehead atoms. The zero-order chi connectivity index (χ0) is 26.0. The van der Waals surface area contributed by atoms with Crippen LogP contribution in [0.3, 0.4) is 0 Å². The molecule has 1 aromatic carbocycles. The topological polar surface area (TPSA) is 99.4 Å². The van der Waals surface area contributed by atoms with Crippen LogP contribution >= 0.6 is 0 Å². The van der Waals surface area contributed by atoms with E-state index in [0.29, 0.717) is 18.4 Å². The molecule has 35 heavy (non-hydrogen) atoms. The summed E-state index contributed by atoms with van der Waals surface area (Å²) in [4.78, 5) is 49.0. The van der Waals surface area contributed by atoms with Crippen LogP contribution in [0.4, 0.5) is 0 Å². The number of piperidine rings is 1. The Morgan fingerprint density at radius 2 is 1.77 bits per heavy atom. The van der Waals surface area contributed by atoms with Crippen LogP contribution in [0.2, 0.25) is 0 Å². The number of nitrogens with zero attached hydrogens (tertiary/aromatic N) is 2. The minimum atomic E-state index is -0.678. The first-order valence-corrected chi connectivity index (χ1v) is 12.5. The predicted octanol–water partition coefficient (Wildman–Crippen LogP) is 4.18. The highest BCUT2D eigenvalue weighted by molar-refractivity contribution is 6.00. The SMILES string of the molecule is Cn1c(=O)n(C2CCC(=O)NC2=O)c2ccc(CCCCCC(=O)OC(C)(C)CC(C)(C)C)cc21.